The van der Waals surface area contributed by atoms with Crippen LogP contribution < -0.4 is 10.6 Å². The molecule has 2 amide bonds. The molecule has 2 aromatic carbocycles. The summed E-state index contributed by atoms with van der Waals surface area (Å²) in [6.07, 6.45) is 2.91. The van der Waals surface area contributed by atoms with E-state index in [1.165, 1.54) is 12.4 Å². The van der Waals surface area contributed by atoms with Crippen molar-refractivity contribution in [2.45, 2.75) is 20.4 Å². The third-order valence-electron chi connectivity index (χ3n) is 4.28. The number of hydrogen-bond donors (Lipinski definition) is 2. The summed E-state index contributed by atoms with van der Waals surface area (Å²) >= 11 is 0. The zero-order valence-electron chi connectivity index (χ0n) is 15.3. The number of aryl methyl sites for hydroxylation is 2. The lowest BCUT2D eigenvalue weighted by Gasteiger charge is -2.12. The summed E-state index contributed by atoms with van der Waals surface area (Å²) < 4.78 is 0. The zero-order chi connectivity index (χ0) is 19.2. The van der Waals surface area contributed by atoms with Gasteiger partial charge in [0, 0.05) is 24.6 Å². The fourth-order valence-electron chi connectivity index (χ4n) is 2.77. The van der Waals surface area contributed by atoms with Crippen LogP contribution in [-0.4, -0.2) is 16.8 Å². The molecule has 0 aliphatic heterocycles. The van der Waals surface area contributed by atoms with Crippen molar-refractivity contribution in [3.05, 3.63) is 94.8 Å². The van der Waals surface area contributed by atoms with Crippen LogP contribution in [0.5, 0.6) is 0 Å². The van der Waals surface area contributed by atoms with Crippen molar-refractivity contribution in [3.8, 4) is 0 Å². The molecule has 3 rings (SSSR count). The van der Waals surface area contributed by atoms with Gasteiger partial charge in [-0.3, -0.25) is 14.6 Å². The average molecular weight is 359 g/mol. The molecule has 136 valence electrons. The number of anilines is 1. The summed E-state index contributed by atoms with van der Waals surface area (Å²) in [6.45, 7) is 4.29. The summed E-state index contributed by atoms with van der Waals surface area (Å²) in [5.74, 6) is -0.564. The molecule has 0 aliphatic carbocycles. The lowest BCUT2D eigenvalue weighted by atomic mass is 10.1. The Hall–Kier alpha value is -3.47. The molecule has 0 aliphatic rings. The Balaban J connectivity index is 1.71. The van der Waals surface area contributed by atoms with Gasteiger partial charge in [-0.05, 0) is 36.6 Å². The van der Waals surface area contributed by atoms with Crippen molar-refractivity contribution in [1.82, 2.24) is 10.3 Å². The van der Waals surface area contributed by atoms with E-state index in [9.17, 15) is 9.59 Å². The number of pyridine rings is 1. The van der Waals surface area contributed by atoms with E-state index >= 15 is 0 Å². The van der Waals surface area contributed by atoms with Crippen LogP contribution in [0.25, 0.3) is 0 Å². The Morgan fingerprint density at radius 2 is 1.48 bits per heavy atom. The Bertz CT molecular complexity index is 948. The van der Waals surface area contributed by atoms with Crippen LogP contribution in [0, 0.1) is 13.8 Å². The van der Waals surface area contributed by atoms with E-state index in [2.05, 4.69) is 15.6 Å². The van der Waals surface area contributed by atoms with Gasteiger partial charge < -0.3 is 10.6 Å². The molecule has 1 aromatic heterocycles. The monoisotopic (exact) mass is 359 g/mol. The molecule has 0 radical (unpaired) electrons. The molecule has 0 unspecified atom stereocenters. The van der Waals surface area contributed by atoms with Crippen molar-refractivity contribution in [2.24, 2.45) is 0 Å². The molecule has 0 bridgehead atoms. The van der Waals surface area contributed by atoms with Gasteiger partial charge in [0.1, 0.15) is 0 Å². The number of carbonyl (C=O) groups excluding carboxylic acids is 2. The van der Waals surface area contributed by atoms with Gasteiger partial charge >= 0.3 is 0 Å². The number of para-hydroxylation sites is 1. The number of nitrogens with zero attached hydrogens (tertiary/aromatic N) is 1. The third-order valence-corrected chi connectivity index (χ3v) is 4.28. The molecule has 0 spiro atoms. The minimum atomic E-state index is -0.294. The second kappa shape index (κ2) is 8.27. The maximum absolute atomic E-state index is 12.6. The van der Waals surface area contributed by atoms with Crippen LogP contribution in [0.4, 0.5) is 5.69 Å². The standard InChI is InChI=1S/C22H21N3O2/c1-15-7-6-8-16(2)20(15)25-22(27)19-11-18(13-23-14-19)21(26)24-12-17-9-4-3-5-10-17/h3-11,13-14H,12H2,1-2H3,(H,24,26)(H,25,27). The number of carbonyl (C=O) groups is 2. The summed E-state index contributed by atoms with van der Waals surface area (Å²) in [5, 5.41) is 5.75. The lowest BCUT2D eigenvalue weighted by molar-refractivity contribution is 0.0950. The third kappa shape index (κ3) is 4.58. The Morgan fingerprint density at radius 3 is 2.15 bits per heavy atom. The van der Waals surface area contributed by atoms with Crippen LogP contribution in [0.2, 0.25) is 0 Å². The maximum Gasteiger partial charge on any atom is 0.257 e. The largest absolute Gasteiger partial charge is 0.348 e. The molecular weight excluding hydrogens is 338 g/mol. The van der Waals surface area contributed by atoms with Gasteiger partial charge in [0.2, 0.25) is 0 Å². The number of amides is 2. The molecule has 0 atom stereocenters. The smallest absolute Gasteiger partial charge is 0.257 e. The van der Waals surface area contributed by atoms with E-state index in [0.717, 1.165) is 22.4 Å². The Morgan fingerprint density at radius 1 is 0.852 bits per heavy atom. The molecule has 5 nitrogen and oxygen atoms in total. The van der Waals surface area contributed by atoms with E-state index in [1.54, 1.807) is 6.07 Å². The fraction of sp³-hybridized carbons (Fsp3) is 0.136. The first-order valence-corrected chi connectivity index (χ1v) is 8.69. The van der Waals surface area contributed by atoms with E-state index in [0.29, 0.717) is 17.7 Å². The summed E-state index contributed by atoms with van der Waals surface area (Å²) in [5.41, 5.74) is 4.43. The molecule has 0 fully saturated rings. The number of nitrogens with one attached hydrogen (secondary N) is 2. The Labute approximate surface area is 158 Å². The van der Waals surface area contributed by atoms with E-state index in [-0.39, 0.29) is 11.8 Å². The van der Waals surface area contributed by atoms with Crippen molar-refractivity contribution in [3.63, 3.8) is 0 Å². The summed E-state index contributed by atoms with van der Waals surface area (Å²) in [7, 11) is 0. The van der Waals surface area contributed by atoms with Crippen LogP contribution in [-0.2, 0) is 6.54 Å². The summed E-state index contributed by atoms with van der Waals surface area (Å²) in [6, 6.07) is 17.0. The number of hydrogen-bond acceptors (Lipinski definition) is 3. The van der Waals surface area contributed by atoms with Gasteiger partial charge in [-0.1, -0.05) is 48.5 Å². The zero-order valence-corrected chi connectivity index (χ0v) is 15.3. The minimum Gasteiger partial charge on any atom is -0.348 e. The second-order valence-corrected chi connectivity index (χ2v) is 6.35. The maximum atomic E-state index is 12.6. The van der Waals surface area contributed by atoms with Gasteiger partial charge in [-0.2, -0.15) is 0 Å². The van der Waals surface area contributed by atoms with Crippen LogP contribution >= 0.6 is 0 Å². The molecular formula is C22H21N3O2. The van der Waals surface area contributed by atoms with Crippen LogP contribution in [0.15, 0.2) is 67.0 Å². The average Bonchev–Trinajstić information content (AvgIpc) is 2.70. The van der Waals surface area contributed by atoms with Crippen molar-refractivity contribution in [2.75, 3.05) is 5.32 Å². The normalized spacial score (nSPS) is 10.3. The number of benzene rings is 2. The molecule has 1 heterocycles. The molecule has 27 heavy (non-hydrogen) atoms. The minimum absolute atomic E-state index is 0.270. The highest BCUT2D eigenvalue weighted by Crippen LogP contribution is 2.20. The van der Waals surface area contributed by atoms with E-state index < -0.39 is 0 Å². The van der Waals surface area contributed by atoms with Crippen molar-refractivity contribution < 1.29 is 9.59 Å². The topological polar surface area (TPSA) is 71.1 Å². The molecule has 0 saturated carbocycles. The number of aromatic nitrogens is 1. The van der Waals surface area contributed by atoms with Crippen LogP contribution in [0.3, 0.4) is 0 Å². The van der Waals surface area contributed by atoms with Gasteiger partial charge in [0.25, 0.3) is 11.8 Å². The first kappa shape index (κ1) is 18.3. The Kier molecular flexibility index (Phi) is 5.61. The second-order valence-electron chi connectivity index (χ2n) is 6.35. The molecule has 3 aromatic rings. The van der Waals surface area contributed by atoms with Gasteiger partial charge in [-0.25, -0.2) is 0 Å². The highest BCUT2D eigenvalue weighted by molar-refractivity contribution is 6.06. The van der Waals surface area contributed by atoms with Gasteiger partial charge in [0.15, 0.2) is 0 Å². The first-order valence-electron chi connectivity index (χ1n) is 8.69. The van der Waals surface area contributed by atoms with E-state index in [1.807, 2.05) is 62.4 Å². The lowest BCUT2D eigenvalue weighted by Crippen LogP contribution is -2.23. The van der Waals surface area contributed by atoms with E-state index in [4.69, 9.17) is 0 Å². The summed E-state index contributed by atoms with van der Waals surface area (Å²) in [4.78, 5) is 29.0. The van der Waals surface area contributed by atoms with Gasteiger partial charge in [0.05, 0.1) is 11.1 Å². The first-order chi connectivity index (χ1) is 13.0. The number of rotatable bonds is 5. The fourth-order valence-corrected chi connectivity index (χ4v) is 2.77. The van der Waals surface area contributed by atoms with Gasteiger partial charge in [-0.15, -0.1) is 0 Å². The SMILES string of the molecule is Cc1cccc(C)c1NC(=O)c1cncc(C(=O)NCc2ccccc2)c1. The van der Waals surface area contributed by atoms with Crippen LogP contribution in [0.1, 0.15) is 37.4 Å². The van der Waals surface area contributed by atoms with Crippen molar-refractivity contribution >= 4 is 17.5 Å². The molecule has 5 heteroatoms. The predicted octanol–water partition coefficient (Wildman–Crippen LogP) is 3.88. The molecule has 0 saturated heterocycles. The molecule has 2 N–H and O–H groups in total. The highest BCUT2D eigenvalue weighted by atomic mass is 16.2. The van der Waals surface area contributed by atoms with Crippen molar-refractivity contribution in [1.29, 1.82) is 0 Å². The quantitative estimate of drug-likeness (QED) is 0.726. The predicted molar refractivity (Wildman–Crippen MR) is 106 cm³/mol. The highest BCUT2D eigenvalue weighted by Gasteiger charge is 2.13.